The molecule has 0 saturated carbocycles. The molecule has 0 aliphatic rings. The largest absolute Gasteiger partial charge is 0.508 e. The van der Waals surface area contributed by atoms with E-state index in [2.05, 4.69) is 64.4 Å². The highest BCUT2D eigenvalue weighted by molar-refractivity contribution is 5.96. The highest BCUT2D eigenvalue weighted by Gasteiger charge is 2.25. The zero-order valence-corrected chi connectivity index (χ0v) is 36.0. The first-order chi connectivity index (χ1) is 27.6. The van der Waals surface area contributed by atoms with Gasteiger partial charge in [-0.1, -0.05) is 92.9 Å². The Morgan fingerprint density at radius 3 is 1.53 bits per heavy atom. The fourth-order valence-corrected chi connectivity index (χ4v) is 7.58. The second kappa shape index (κ2) is 20.6. The Balaban J connectivity index is 1.76. The molecule has 0 spiro atoms. The van der Waals surface area contributed by atoms with Crippen molar-refractivity contribution in [1.82, 2.24) is 19.5 Å². The predicted molar refractivity (Wildman–Crippen MR) is 233 cm³/mol. The van der Waals surface area contributed by atoms with E-state index in [0.29, 0.717) is 82.2 Å². The molecule has 0 aliphatic heterocycles. The number of aromatic hydroxyl groups is 2. The molecule has 57 heavy (non-hydrogen) atoms. The molecule has 0 aliphatic carbocycles. The molecule has 308 valence electrons. The molecule has 2 aromatic heterocycles. The average molecular weight is 779 g/mol. The fourth-order valence-electron chi connectivity index (χ4n) is 7.58. The van der Waals surface area contributed by atoms with Crippen molar-refractivity contribution in [1.29, 1.82) is 0 Å². The van der Waals surface area contributed by atoms with E-state index in [1.807, 2.05) is 32.0 Å². The van der Waals surface area contributed by atoms with Gasteiger partial charge in [-0.15, -0.1) is 0 Å². The molecule has 2 N–H and O–H groups in total. The Hall–Kier alpha value is -4.79. The molecule has 9 nitrogen and oxygen atoms in total. The minimum Gasteiger partial charge on any atom is -0.508 e. The highest BCUT2D eigenvalue weighted by Crippen LogP contribution is 2.42. The number of nitrogens with zero attached hydrogens (tertiary/aromatic N) is 4. The van der Waals surface area contributed by atoms with E-state index in [4.69, 9.17) is 29.2 Å². The molecular weight excluding hydrogens is 713 g/mol. The van der Waals surface area contributed by atoms with Crippen LogP contribution < -0.4 is 14.2 Å². The molecule has 0 saturated heterocycles. The lowest BCUT2D eigenvalue weighted by atomic mass is 10.00. The number of hydrogen-bond acceptors (Lipinski definition) is 8. The van der Waals surface area contributed by atoms with Gasteiger partial charge in [0.05, 0.1) is 31.5 Å². The number of hydrogen-bond donors (Lipinski definition) is 2. The number of ether oxygens (including phenoxy) is 3. The van der Waals surface area contributed by atoms with Gasteiger partial charge in [0.25, 0.3) is 0 Å². The van der Waals surface area contributed by atoms with Crippen molar-refractivity contribution in [3.05, 3.63) is 59.8 Å². The van der Waals surface area contributed by atoms with Gasteiger partial charge in [0.2, 0.25) is 0 Å². The van der Waals surface area contributed by atoms with Crippen molar-refractivity contribution in [2.24, 2.45) is 17.8 Å². The van der Waals surface area contributed by atoms with E-state index in [1.165, 1.54) is 0 Å². The number of fused-ring (bicyclic) bond motifs is 1. The number of unbranched alkanes of at least 4 members (excludes halogenated alkanes) is 2. The summed E-state index contributed by atoms with van der Waals surface area (Å²) in [5, 5.41) is 22.9. The molecule has 2 atom stereocenters. The topological polar surface area (TPSA) is 112 Å². The van der Waals surface area contributed by atoms with Gasteiger partial charge in [0, 0.05) is 40.3 Å². The van der Waals surface area contributed by atoms with Crippen LogP contribution in [0.25, 0.3) is 45.1 Å². The minimum absolute atomic E-state index is 0.153. The highest BCUT2D eigenvalue weighted by atomic mass is 16.5. The van der Waals surface area contributed by atoms with E-state index in [9.17, 15) is 10.2 Å². The third kappa shape index (κ3) is 10.2. The number of phenols is 2. The van der Waals surface area contributed by atoms with Gasteiger partial charge in [-0.2, -0.15) is 0 Å². The number of phenolic OH excluding ortho intramolecular Hbond substituents is 2. The van der Waals surface area contributed by atoms with Crippen molar-refractivity contribution in [2.75, 3.05) is 20.3 Å². The fraction of sp³-hybridized carbons (Fsp3) is 0.521. The van der Waals surface area contributed by atoms with E-state index in [1.54, 1.807) is 19.2 Å². The molecule has 0 amide bonds. The molecule has 5 aromatic rings. The number of rotatable bonds is 22. The lowest BCUT2D eigenvalue weighted by Gasteiger charge is -2.21. The summed E-state index contributed by atoms with van der Waals surface area (Å²) in [6.07, 6.45) is 13.0. The summed E-state index contributed by atoms with van der Waals surface area (Å²) >= 11 is 0. The van der Waals surface area contributed by atoms with E-state index < -0.39 is 0 Å². The van der Waals surface area contributed by atoms with Gasteiger partial charge in [-0.05, 0) is 86.9 Å². The van der Waals surface area contributed by atoms with Crippen molar-refractivity contribution < 1.29 is 24.4 Å². The Morgan fingerprint density at radius 2 is 1.09 bits per heavy atom. The van der Waals surface area contributed by atoms with Crippen molar-refractivity contribution in [3.63, 3.8) is 0 Å². The Labute approximate surface area is 340 Å². The second-order valence-corrected chi connectivity index (χ2v) is 15.7. The number of aromatic nitrogens is 4. The second-order valence-electron chi connectivity index (χ2n) is 15.7. The standard InChI is InChI=1S/C48H66N4O5/c1-10-16-18-34(14-5)29-56-44-31(7)42(53)24-21-37(44)46-49-47(38-22-25-43(54)32(8)45(38)57-30-35(15-6)19-17-11-2)51-48(50-46)40-28-52(27-33(12-3)13-4)41-23-20-36(55-9)26-39(40)41/h20-26,28,33-35,53-54H,10-19,27,29-30H2,1-9H3. The first-order valence-electron chi connectivity index (χ1n) is 21.4. The number of benzene rings is 3. The van der Waals surface area contributed by atoms with Gasteiger partial charge < -0.3 is 29.0 Å². The maximum Gasteiger partial charge on any atom is 0.167 e. The van der Waals surface area contributed by atoms with Gasteiger partial charge in [-0.25, -0.2) is 15.0 Å². The molecular formula is C48H66N4O5. The molecule has 2 unspecified atom stereocenters. The SMILES string of the molecule is CCCCC(CC)COc1c(-c2nc(-c3ccc(O)c(C)c3OCC(CC)CCCC)nc(-c3cn(CC(CC)CC)c4ccc(OC)cc34)n2)ccc(O)c1C. The quantitative estimate of drug-likeness (QED) is 0.0714. The first kappa shape index (κ1) is 43.3. The smallest absolute Gasteiger partial charge is 0.167 e. The monoisotopic (exact) mass is 779 g/mol. The zero-order chi connectivity index (χ0) is 41.1. The van der Waals surface area contributed by atoms with Gasteiger partial charge >= 0.3 is 0 Å². The first-order valence-corrected chi connectivity index (χ1v) is 21.4. The van der Waals surface area contributed by atoms with E-state index in [-0.39, 0.29) is 11.5 Å². The van der Waals surface area contributed by atoms with Crippen LogP contribution in [-0.4, -0.2) is 50.1 Å². The average Bonchev–Trinajstić information content (AvgIpc) is 3.59. The lowest BCUT2D eigenvalue weighted by molar-refractivity contribution is 0.232. The van der Waals surface area contributed by atoms with Crippen molar-refractivity contribution in [2.45, 2.75) is 126 Å². The van der Waals surface area contributed by atoms with Crippen LogP contribution in [0.1, 0.15) is 117 Å². The van der Waals surface area contributed by atoms with Crippen LogP contribution in [0.2, 0.25) is 0 Å². The molecule has 0 radical (unpaired) electrons. The van der Waals surface area contributed by atoms with Crippen molar-refractivity contribution in [3.8, 4) is 62.9 Å². The van der Waals surface area contributed by atoms with Crippen LogP contribution in [0.15, 0.2) is 48.7 Å². The Morgan fingerprint density at radius 1 is 0.614 bits per heavy atom. The molecule has 9 heteroatoms. The summed E-state index contributed by atoms with van der Waals surface area (Å²) < 4.78 is 21.3. The van der Waals surface area contributed by atoms with Crippen LogP contribution >= 0.6 is 0 Å². The van der Waals surface area contributed by atoms with Gasteiger partial charge in [0.15, 0.2) is 17.5 Å². The van der Waals surface area contributed by atoms with Gasteiger partial charge in [0.1, 0.15) is 28.7 Å². The molecule has 0 fully saturated rings. The summed E-state index contributed by atoms with van der Waals surface area (Å²) in [6, 6.07) is 13.2. The predicted octanol–water partition coefficient (Wildman–Crippen LogP) is 12.5. The number of methoxy groups -OCH3 is 1. The summed E-state index contributed by atoms with van der Waals surface area (Å²) in [4.78, 5) is 15.6. The van der Waals surface area contributed by atoms with Crippen LogP contribution in [0, 0.1) is 31.6 Å². The van der Waals surface area contributed by atoms with E-state index >= 15 is 0 Å². The van der Waals surface area contributed by atoms with Crippen LogP contribution in [0.4, 0.5) is 0 Å². The third-order valence-electron chi connectivity index (χ3n) is 11.8. The van der Waals surface area contributed by atoms with Crippen LogP contribution in [0.3, 0.4) is 0 Å². The third-order valence-corrected chi connectivity index (χ3v) is 11.8. The minimum atomic E-state index is 0.153. The molecule has 5 rings (SSSR count). The summed E-state index contributed by atoms with van der Waals surface area (Å²) in [6.45, 7) is 19.0. The Kier molecular flexibility index (Phi) is 15.6. The van der Waals surface area contributed by atoms with Gasteiger partial charge in [-0.3, -0.25) is 0 Å². The summed E-state index contributed by atoms with van der Waals surface area (Å²) in [7, 11) is 1.68. The van der Waals surface area contributed by atoms with Crippen LogP contribution in [0.5, 0.6) is 28.7 Å². The zero-order valence-electron chi connectivity index (χ0n) is 36.0. The molecule has 0 bridgehead atoms. The normalized spacial score (nSPS) is 12.7. The lowest BCUT2D eigenvalue weighted by Crippen LogP contribution is -2.13. The van der Waals surface area contributed by atoms with Crippen molar-refractivity contribution >= 4 is 10.9 Å². The Bertz CT molecular complexity index is 1980. The molecule has 3 aromatic carbocycles. The van der Waals surface area contributed by atoms with E-state index in [0.717, 1.165) is 93.0 Å². The maximum atomic E-state index is 11.0. The molecule has 2 heterocycles. The summed E-state index contributed by atoms with van der Waals surface area (Å²) in [5.41, 5.74) is 4.53. The maximum absolute atomic E-state index is 11.0. The van der Waals surface area contributed by atoms with Crippen LogP contribution in [-0.2, 0) is 6.54 Å². The summed E-state index contributed by atoms with van der Waals surface area (Å²) in [5.74, 6) is 4.77.